The van der Waals surface area contributed by atoms with Gasteiger partial charge in [0.25, 0.3) is 5.91 Å². The molecular formula is C16H20N4O2S. The minimum absolute atomic E-state index is 0.191. The molecule has 23 heavy (non-hydrogen) atoms. The van der Waals surface area contributed by atoms with Crippen LogP contribution < -0.4 is 10.6 Å². The van der Waals surface area contributed by atoms with Gasteiger partial charge in [0.1, 0.15) is 5.00 Å². The van der Waals surface area contributed by atoms with E-state index in [0.717, 1.165) is 10.4 Å². The minimum atomic E-state index is -0.403. The van der Waals surface area contributed by atoms with E-state index >= 15 is 0 Å². The van der Waals surface area contributed by atoms with Crippen LogP contribution in [0, 0.1) is 26.2 Å². The van der Waals surface area contributed by atoms with E-state index in [9.17, 15) is 9.59 Å². The summed E-state index contributed by atoms with van der Waals surface area (Å²) in [6, 6.07) is 0. The third kappa shape index (κ3) is 4.17. The fourth-order valence-corrected chi connectivity index (χ4v) is 3.38. The third-order valence-corrected chi connectivity index (χ3v) is 4.89. The molecule has 0 radical (unpaired) electrons. The molecule has 0 atom stereocenters. The molecule has 1 aliphatic rings. The minimum Gasteiger partial charge on any atom is -0.352 e. The molecule has 0 bridgehead atoms. The van der Waals surface area contributed by atoms with Crippen LogP contribution in [0.1, 0.15) is 47.0 Å². The van der Waals surface area contributed by atoms with Gasteiger partial charge in [-0.2, -0.15) is 10.2 Å². The number of thiophene rings is 1. The number of anilines is 1. The van der Waals surface area contributed by atoms with Crippen LogP contribution in [0.3, 0.4) is 0 Å². The van der Waals surface area contributed by atoms with Crippen molar-refractivity contribution in [2.45, 2.75) is 45.7 Å². The summed E-state index contributed by atoms with van der Waals surface area (Å²) in [7, 11) is 0. The Bertz CT molecular complexity index is 694. The number of carbonyl (C=O) groups excluding carboxylic acids is 2. The molecule has 1 aromatic heterocycles. The standard InChI is InChI=1S/C16H20N4O2S/c1-5-6-7-16(19-20-16)8-9-17-14(22)13-10(2)11(3)23-15(13)18-12(4)21/h1H,6-9H2,2-4H3,(H,17,22)(H,18,21). The lowest BCUT2D eigenvalue weighted by atomic mass is 10.0. The van der Waals surface area contributed by atoms with Gasteiger partial charge in [-0.3, -0.25) is 9.59 Å². The van der Waals surface area contributed by atoms with Crippen LogP contribution >= 0.6 is 11.3 Å². The van der Waals surface area contributed by atoms with Crippen LogP contribution in [-0.4, -0.2) is 24.0 Å². The summed E-state index contributed by atoms with van der Waals surface area (Å²) in [4.78, 5) is 24.7. The van der Waals surface area contributed by atoms with Crippen LogP contribution in [0.15, 0.2) is 10.2 Å². The molecule has 2 heterocycles. The van der Waals surface area contributed by atoms with Crippen LogP contribution in [0.4, 0.5) is 5.00 Å². The lowest BCUT2D eigenvalue weighted by Gasteiger charge is -2.11. The molecule has 0 spiro atoms. The number of terminal acetylenes is 1. The molecule has 7 heteroatoms. The fraction of sp³-hybridized carbons (Fsp3) is 0.500. The summed E-state index contributed by atoms with van der Waals surface area (Å²) in [6.07, 6.45) is 7.23. The summed E-state index contributed by atoms with van der Waals surface area (Å²) in [5, 5.41) is 14.3. The van der Waals surface area contributed by atoms with Crippen molar-refractivity contribution in [1.29, 1.82) is 0 Å². The van der Waals surface area contributed by atoms with Gasteiger partial charge in [0.15, 0.2) is 5.66 Å². The van der Waals surface area contributed by atoms with E-state index in [-0.39, 0.29) is 11.8 Å². The molecule has 0 aromatic carbocycles. The topological polar surface area (TPSA) is 82.9 Å². The van der Waals surface area contributed by atoms with E-state index in [1.807, 2.05) is 13.8 Å². The van der Waals surface area contributed by atoms with Gasteiger partial charge in [0.05, 0.1) is 5.56 Å². The van der Waals surface area contributed by atoms with E-state index in [0.29, 0.717) is 36.4 Å². The number of hydrogen-bond acceptors (Lipinski definition) is 5. The molecule has 2 rings (SSSR count). The maximum absolute atomic E-state index is 12.5. The van der Waals surface area contributed by atoms with Gasteiger partial charge in [-0.1, -0.05) is 0 Å². The molecule has 1 aromatic rings. The lowest BCUT2D eigenvalue weighted by Crippen LogP contribution is -2.29. The first kappa shape index (κ1) is 17.2. The number of aryl methyl sites for hydroxylation is 1. The van der Waals surface area contributed by atoms with Gasteiger partial charge >= 0.3 is 0 Å². The average Bonchev–Trinajstić information content (AvgIpc) is 3.18. The zero-order chi connectivity index (χ0) is 17.0. The predicted molar refractivity (Wildman–Crippen MR) is 90.7 cm³/mol. The van der Waals surface area contributed by atoms with Crippen molar-refractivity contribution in [3.8, 4) is 12.3 Å². The van der Waals surface area contributed by atoms with Gasteiger partial charge in [-0.05, 0) is 19.4 Å². The first-order valence-corrected chi connectivity index (χ1v) is 8.23. The van der Waals surface area contributed by atoms with Crippen molar-refractivity contribution in [3.63, 3.8) is 0 Å². The summed E-state index contributed by atoms with van der Waals surface area (Å²) in [6.45, 7) is 5.70. The second-order valence-electron chi connectivity index (χ2n) is 5.56. The van der Waals surface area contributed by atoms with Crippen molar-refractivity contribution < 1.29 is 9.59 Å². The van der Waals surface area contributed by atoms with Crippen LogP contribution in [0.5, 0.6) is 0 Å². The Kier molecular flexibility index (Phi) is 5.16. The highest BCUT2D eigenvalue weighted by Crippen LogP contribution is 2.36. The van der Waals surface area contributed by atoms with Crippen molar-refractivity contribution in [1.82, 2.24) is 5.32 Å². The summed E-state index contributed by atoms with van der Waals surface area (Å²) in [5.74, 6) is 2.20. The number of hydrogen-bond donors (Lipinski definition) is 2. The maximum Gasteiger partial charge on any atom is 0.254 e. The Hall–Kier alpha value is -2.20. The average molecular weight is 332 g/mol. The van der Waals surface area contributed by atoms with Crippen LogP contribution in [0.2, 0.25) is 0 Å². The second kappa shape index (κ2) is 6.92. The van der Waals surface area contributed by atoms with Gasteiger partial charge < -0.3 is 10.6 Å². The summed E-state index contributed by atoms with van der Waals surface area (Å²) >= 11 is 1.41. The van der Waals surface area contributed by atoms with Gasteiger partial charge in [0.2, 0.25) is 5.91 Å². The van der Waals surface area contributed by atoms with Crippen LogP contribution in [0.25, 0.3) is 0 Å². The highest BCUT2D eigenvalue weighted by molar-refractivity contribution is 7.16. The SMILES string of the molecule is C#CCCC1(CCNC(=O)c2c(NC(C)=O)sc(C)c2C)N=N1. The molecule has 122 valence electrons. The molecule has 0 aliphatic carbocycles. The Labute approximate surface area is 139 Å². The highest BCUT2D eigenvalue weighted by Gasteiger charge is 2.38. The second-order valence-corrected chi connectivity index (χ2v) is 6.79. The molecule has 0 saturated carbocycles. The third-order valence-electron chi connectivity index (χ3n) is 3.77. The van der Waals surface area contributed by atoms with Crippen LogP contribution in [-0.2, 0) is 4.79 Å². The monoisotopic (exact) mass is 332 g/mol. The number of nitrogens with zero attached hydrogens (tertiary/aromatic N) is 2. The molecule has 2 N–H and O–H groups in total. The molecule has 0 fully saturated rings. The van der Waals surface area contributed by atoms with Crippen molar-refractivity contribution in [2.24, 2.45) is 10.2 Å². The quantitative estimate of drug-likeness (QED) is 0.752. The molecule has 1 aliphatic heterocycles. The zero-order valence-corrected chi connectivity index (χ0v) is 14.3. The maximum atomic E-state index is 12.5. The highest BCUT2D eigenvalue weighted by atomic mass is 32.1. The normalized spacial score (nSPS) is 14.2. The summed E-state index contributed by atoms with van der Waals surface area (Å²) < 4.78 is 0. The number of nitrogens with one attached hydrogen (secondary N) is 2. The van der Waals surface area contributed by atoms with E-state index in [2.05, 4.69) is 26.8 Å². The predicted octanol–water partition coefficient (Wildman–Crippen LogP) is 3.02. The van der Waals surface area contributed by atoms with Gasteiger partial charge in [-0.25, -0.2) is 0 Å². The van der Waals surface area contributed by atoms with E-state index in [4.69, 9.17) is 6.42 Å². The number of rotatable bonds is 7. The Balaban J connectivity index is 1.96. The van der Waals surface area contributed by atoms with Crippen molar-refractivity contribution in [3.05, 3.63) is 16.0 Å². The zero-order valence-electron chi connectivity index (χ0n) is 13.5. The molecule has 2 amide bonds. The number of carbonyl (C=O) groups is 2. The summed E-state index contributed by atoms with van der Waals surface area (Å²) in [5.41, 5.74) is 1.02. The lowest BCUT2D eigenvalue weighted by molar-refractivity contribution is -0.114. The Morgan fingerprint density at radius 1 is 1.30 bits per heavy atom. The van der Waals surface area contributed by atoms with Crippen molar-refractivity contribution >= 4 is 28.2 Å². The Morgan fingerprint density at radius 2 is 2.00 bits per heavy atom. The van der Waals surface area contributed by atoms with E-state index in [1.54, 1.807) is 0 Å². The van der Waals surface area contributed by atoms with E-state index in [1.165, 1.54) is 18.3 Å². The van der Waals surface area contributed by atoms with Crippen molar-refractivity contribution in [2.75, 3.05) is 11.9 Å². The first-order valence-electron chi connectivity index (χ1n) is 7.42. The largest absolute Gasteiger partial charge is 0.352 e. The van der Waals surface area contributed by atoms with Gasteiger partial charge in [0, 0.05) is 37.6 Å². The Morgan fingerprint density at radius 3 is 2.57 bits per heavy atom. The molecule has 0 unspecified atom stereocenters. The number of amides is 2. The molecular weight excluding hydrogens is 312 g/mol. The molecule has 6 nitrogen and oxygen atoms in total. The first-order chi connectivity index (χ1) is 10.9. The van der Waals surface area contributed by atoms with E-state index < -0.39 is 5.66 Å². The fourth-order valence-electron chi connectivity index (χ4n) is 2.28. The van der Waals surface area contributed by atoms with Gasteiger partial charge in [-0.15, -0.1) is 23.7 Å². The molecule has 0 saturated heterocycles. The smallest absolute Gasteiger partial charge is 0.254 e.